The molecular weight excluding hydrogens is 322 g/mol. The molecular formula is C14H14BrN3O2. The number of halogens is 1. The number of carboxylic acid groups (broad SMARTS) is 1. The number of anilines is 1. The van der Waals surface area contributed by atoms with Gasteiger partial charge in [-0.25, -0.2) is 9.97 Å². The van der Waals surface area contributed by atoms with E-state index in [-0.39, 0.29) is 12.5 Å². The van der Waals surface area contributed by atoms with Crippen LogP contribution >= 0.6 is 15.9 Å². The van der Waals surface area contributed by atoms with Crippen LogP contribution in [-0.2, 0) is 4.79 Å². The summed E-state index contributed by atoms with van der Waals surface area (Å²) in [6.07, 6.45) is 3.45. The summed E-state index contributed by atoms with van der Waals surface area (Å²) < 4.78 is 0.993. The first-order valence-electron chi connectivity index (χ1n) is 6.11. The standard InChI is InChI=1S/C14H14BrN3O2/c1-9(5-13(19)20)18-14-16-7-11(8-17-14)10-3-2-4-12(15)6-10/h2-4,6-9H,5H2,1H3,(H,19,20)(H,16,17,18). The second-order valence-corrected chi connectivity index (χ2v) is 5.36. The molecule has 2 aromatic rings. The van der Waals surface area contributed by atoms with Crippen molar-refractivity contribution in [3.05, 3.63) is 41.1 Å². The lowest BCUT2D eigenvalue weighted by molar-refractivity contribution is -0.137. The third-order valence-electron chi connectivity index (χ3n) is 2.67. The van der Waals surface area contributed by atoms with Crippen molar-refractivity contribution in [2.24, 2.45) is 0 Å². The Hall–Kier alpha value is -1.95. The Morgan fingerprint density at radius 2 is 2.05 bits per heavy atom. The third kappa shape index (κ3) is 4.03. The van der Waals surface area contributed by atoms with Crippen molar-refractivity contribution in [3.63, 3.8) is 0 Å². The highest BCUT2D eigenvalue weighted by atomic mass is 79.9. The van der Waals surface area contributed by atoms with Crippen molar-refractivity contribution in [2.45, 2.75) is 19.4 Å². The fourth-order valence-corrected chi connectivity index (χ4v) is 2.15. The van der Waals surface area contributed by atoms with E-state index in [2.05, 4.69) is 31.2 Å². The minimum Gasteiger partial charge on any atom is -0.481 e. The normalized spacial score (nSPS) is 11.9. The van der Waals surface area contributed by atoms with Crippen molar-refractivity contribution < 1.29 is 9.90 Å². The first-order chi connectivity index (χ1) is 9.54. The summed E-state index contributed by atoms with van der Waals surface area (Å²) in [5.41, 5.74) is 1.92. The molecule has 2 rings (SSSR count). The van der Waals surface area contributed by atoms with Crippen LogP contribution in [0, 0.1) is 0 Å². The first kappa shape index (κ1) is 14.5. The number of carboxylic acids is 1. The molecule has 0 amide bonds. The van der Waals surface area contributed by atoms with Gasteiger partial charge < -0.3 is 10.4 Å². The van der Waals surface area contributed by atoms with Gasteiger partial charge in [0, 0.05) is 28.5 Å². The first-order valence-corrected chi connectivity index (χ1v) is 6.90. The number of hydrogen-bond acceptors (Lipinski definition) is 4. The molecule has 0 fully saturated rings. The van der Waals surface area contributed by atoms with Gasteiger partial charge in [0.25, 0.3) is 0 Å². The summed E-state index contributed by atoms with van der Waals surface area (Å²) in [6, 6.07) is 7.64. The lowest BCUT2D eigenvalue weighted by Crippen LogP contribution is -2.20. The summed E-state index contributed by atoms with van der Waals surface area (Å²) in [4.78, 5) is 19.0. The predicted molar refractivity (Wildman–Crippen MR) is 80.5 cm³/mol. The fraction of sp³-hybridized carbons (Fsp3) is 0.214. The molecule has 0 radical (unpaired) electrons. The van der Waals surface area contributed by atoms with Crippen molar-refractivity contribution in [2.75, 3.05) is 5.32 Å². The van der Waals surface area contributed by atoms with Gasteiger partial charge in [-0.1, -0.05) is 28.1 Å². The monoisotopic (exact) mass is 335 g/mol. The lowest BCUT2D eigenvalue weighted by Gasteiger charge is -2.11. The molecule has 1 heterocycles. The maximum Gasteiger partial charge on any atom is 0.305 e. The molecule has 5 nitrogen and oxygen atoms in total. The van der Waals surface area contributed by atoms with Crippen molar-refractivity contribution in [1.82, 2.24) is 9.97 Å². The maximum atomic E-state index is 10.6. The van der Waals surface area contributed by atoms with Crippen LogP contribution in [0.3, 0.4) is 0 Å². The molecule has 0 spiro atoms. The van der Waals surface area contributed by atoms with Crippen LogP contribution in [0.2, 0.25) is 0 Å². The maximum absolute atomic E-state index is 10.6. The summed E-state index contributed by atoms with van der Waals surface area (Å²) in [7, 11) is 0. The molecule has 20 heavy (non-hydrogen) atoms. The highest BCUT2D eigenvalue weighted by Crippen LogP contribution is 2.22. The number of carbonyl (C=O) groups is 1. The van der Waals surface area contributed by atoms with Crippen molar-refractivity contribution in [1.29, 1.82) is 0 Å². The molecule has 0 saturated carbocycles. The molecule has 0 bridgehead atoms. The molecule has 2 N–H and O–H groups in total. The second-order valence-electron chi connectivity index (χ2n) is 4.45. The van der Waals surface area contributed by atoms with E-state index < -0.39 is 5.97 Å². The average molecular weight is 336 g/mol. The predicted octanol–water partition coefficient (Wildman–Crippen LogP) is 3.18. The van der Waals surface area contributed by atoms with E-state index in [4.69, 9.17) is 5.11 Å². The molecule has 0 aliphatic heterocycles. The lowest BCUT2D eigenvalue weighted by atomic mass is 10.1. The molecule has 1 aromatic heterocycles. The number of aromatic nitrogens is 2. The van der Waals surface area contributed by atoms with Crippen LogP contribution < -0.4 is 5.32 Å². The Balaban J connectivity index is 2.08. The minimum absolute atomic E-state index is 0.0245. The average Bonchev–Trinajstić information content (AvgIpc) is 2.38. The highest BCUT2D eigenvalue weighted by molar-refractivity contribution is 9.10. The number of hydrogen-bond donors (Lipinski definition) is 2. The number of rotatable bonds is 5. The zero-order valence-corrected chi connectivity index (χ0v) is 12.5. The number of nitrogens with zero attached hydrogens (tertiary/aromatic N) is 2. The Morgan fingerprint density at radius 3 is 2.65 bits per heavy atom. The Labute approximate surface area is 125 Å². The van der Waals surface area contributed by atoms with E-state index >= 15 is 0 Å². The number of benzene rings is 1. The van der Waals surface area contributed by atoms with Crippen molar-refractivity contribution in [3.8, 4) is 11.1 Å². The van der Waals surface area contributed by atoms with E-state index in [0.29, 0.717) is 5.95 Å². The molecule has 0 saturated heterocycles. The van der Waals surface area contributed by atoms with Gasteiger partial charge in [0.2, 0.25) is 5.95 Å². The molecule has 104 valence electrons. The van der Waals surface area contributed by atoms with Crippen LogP contribution in [-0.4, -0.2) is 27.1 Å². The van der Waals surface area contributed by atoms with E-state index in [1.807, 2.05) is 24.3 Å². The molecule has 1 aromatic carbocycles. The number of nitrogens with one attached hydrogen (secondary N) is 1. The highest BCUT2D eigenvalue weighted by Gasteiger charge is 2.08. The fourth-order valence-electron chi connectivity index (χ4n) is 1.75. The topological polar surface area (TPSA) is 75.1 Å². The Bertz CT molecular complexity index is 602. The zero-order valence-electron chi connectivity index (χ0n) is 10.9. The summed E-state index contributed by atoms with van der Waals surface area (Å²) in [5.74, 6) is -0.423. The zero-order chi connectivity index (χ0) is 14.5. The third-order valence-corrected chi connectivity index (χ3v) is 3.16. The Morgan fingerprint density at radius 1 is 1.35 bits per heavy atom. The van der Waals surface area contributed by atoms with Crippen LogP contribution in [0.1, 0.15) is 13.3 Å². The van der Waals surface area contributed by atoms with Gasteiger partial charge in [-0.15, -0.1) is 0 Å². The molecule has 0 aliphatic carbocycles. The van der Waals surface area contributed by atoms with E-state index in [9.17, 15) is 4.79 Å². The van der Waals surface area contributed by atoms with Crippen LogP contribution in [0.4, 0.5) is 5.95 Å². The van der Waals surface area contributed by atoms with Crippen LogP contribution in [0.5, 0.6) is 0 Å². The van der Waals surface area contributed by atoms with Gasteiger partial charge in [0.1, 0.15) is 0 Å². The quantitative estimate of drug-likeness (QED) is 0.877. The number of aliphatic carboxylic acids is 1. The van der Waals surface area contributed by atoms with Gasteiger partial charge in [-0.2, -0.15) is 0 Å². The Kier molecular flexibility index (Phi) is 4.68. The summed E-state index contributed by atoms with van der Waals surface area (Å²) in [6.45, 7) is 1.78. The van der Waals surface area contributed by atoms with Crippen molar-refractivity contribution >= 4 is 27.8 Å². The van der Waals surface area contributed by atoms with E-state index in [1.54, 1.807) is 19.3 Å². The van der Waals surface area contributed by atoms with Gasteiger partial charge >= 0.3 is 5.97 Å². The summed E-state index contributed by atoms with van der Waals surface area (Å²) in [5, 5.41) is 11.6. The largest absolute Gasteiger partial charge is 0.481 e. The molecule has 1 unspecified atom stereocenters. The molecule has 1 atom stereocenters. The van der Waals surface area contributed by atoms with Gasteiger partial charge in [0.15, 0.2) is 0 Å². The minimum atomic E-state index is -0.851. The van der Waals surface area contributed by atoms with Crippen LogP contribution in [0.25, 0.3) is 11.1 Å². The molecule has 0 aliphatic rings. The smallest absolute Gasteiger partial charge is 0.305 e. The van der Waals surface area contributed by atoms with Gasteiger partial charge in [-0.05, 0) is 24.6 Å². The van der Waals surface area contributed by atoms with Gasteiger partial charge in [-0.3, -0.25) is 4.79 Å². The second kappa shape index (κ2) is 6.47. The van der Waals surface area contributed by atoms with Crippen LogP contribution in [0.15, 0.2) is 41.1 Å². The molecule has 6 heteroatoms. The SMILES string of the molecule is CC(CC(=O)O)Nc1ncc(-c2cccc(Br)c2)cn1. The summed E-state index contributed by atoms with van der Waals surface area (Å²) >= 11 is 3.42. The van der Waals surface area contributed by atoms with E-state index in [1.165, 1.54) is 0 Å². The van der Waals surface area contributed by atoms with Gasteiger partial charge in [0.05, 0.1) is 6.42 Å². The van der Waals surface area contributed by atoms with E-state index in [0.717, 1.165) is 15.6 Å².